The zero-order valence-electron chi connectivity index (χ0n) is 23.8. The molecule has 0 bridgehead atoms. The van der Waals surface area contributed by atoms with Crippen LogP contribution < -0.4 is 4.90 Å². The van der Waals surface area contributed by atoms with Gasteiger partial charge in [0.05, 0.1) is 27.8 Å². The largest absolute Gasteiger partial charge is 0.348 e. The quantitative estimate of drug-likeness (QED) is 0.228. The van der Waals surface area contributed by atoms with Crippen molar-refractivity contribution < 1.29 is 0 Å². The molecular weight excluding hydrogens is 536 g/mol. The number of anilines is 3. The topological polar surface area (TPSA) is 36.9 Å². The average molecular weight is 563 g/mol. The van der Waals surface area contributed by atoms with E-state index in [0.29, 0.717) is 0 Å². The van der Waals surface area contributed by atoms with Crippen molar-refractivity contribution in [1.29, 1.82) is 0 Å². The minimum Gasteiger partial charge on any atom is -0.348 e. The van der Waals surface area contributed by atoms with Crippen molar-refractivity contribution in [2.45, 2.75) is 5.41 Å². The van der Waals surface area contributed by atoms with Crippen LogP contribution in [0.4, 0.5) is 17.2 Å². The van der Waals surface area contributed by atoms with Gasteiger partial charge in [0.1, 0.15) is 11.6 Å². The van der Waals surface area contributed by atoms with Gasteiger partial charge in [0.25, 0.3) is 0 Å². The lowest BCUT2D eigenvalue weighted by atomic mass is 9.64. The Kier molecular flexibility index (Phi) is 4.62. The number of nitrogens with one attached hydrogen (secondary N) is 1. The molecule has 4 heteroatoms. The number of nitrogens with zero attached hydrogens (tertiary/aromatic N) is 3. The van der Waals surface area contributed by atoms with Gasteiger partial charge in [-0.25, -0.2) is 4.98 Å². The smallest absolute Gasteiger partial charge is 0.137 e. The van der Waals surface area contributed by atoms with Crippen LogP contribution in [0.25, 0.3) is 38.8 Å². The standard InChI is InChI=1S/C40H26N4/c1-3-14-28-26(12-1)38-31(22-23-35-39(38)27-13-2-6-17-32(27)43(35)37-21-11-25-42-37)40(28)29-15-4-7-18-33(29)44(36-20-9-10-24-41-36)34-19-8-5-16-30(34)40/h1-25,42H. The first kappa shape index (κ1) is 23.7. The Balaban J connectivity index is 1.39. The van der Waals surface area contributed by atoms with E-state index >= 15 is 0 Å². The van der Waals surface area contributed by atoms with Crippen LogP contribution in [0.2, 0.25) is 0 Å². The summed E-state index contributed by atoms with van der Waals surface area (Å²) in [5, 5.41) is 2.55. The summed E-state index contributed by atoms with van der Waals surface area (Å²) in [6.07, 6.45) is 3.87. The first-order valence-electron chi connectivity index (χ1n) is 15.1. The second-order valence-corrected chi connectivity index (χ2v) is 11.6. The molecule has 0 amide bonds. The van der Waals surface area contributed by atoms with E-state index in [-0.39, 0.29) is 0 Å². The monoisotopic (exact) mass is 562 g/mol. The molecule has 0 saturated heterocycles. The van der Waals surface area contributed by atoms with E-state index in [0.717, 1.165) is 23.0 Å². The van der Waals surface area contributed by atoms with Gasteiger partial charge < -0.3 is 4.98 Å². The van der Waals surface area contributed by atoms with Gasteiger partial charge in [0.15, 0.2) is 0 Å². The van der Waals surface area contributed by atoms with Gasteiger partial charge in [-0.3, -0.25) is 9.47 Å². The summed E-state index contributed by atoms with van der Waals surface area (Å²) in [5.41, 5.74) is 12.0. The number of hydrogen-bond acceptors (Lipinski definition) is 2. The molecule has 1 aliphatic heterocycles. The van der Waals surface area contributed by atoms with Gasteiger partial charge in [-0.15, -0.1) is 0 Å². The minimum atomic E-state index is -0.492. The second kappa shape index (κ2) is 8.59. The summed E-state index contributed by atoms with van der Waals surface area (Å²) >= 11 is 0. The lowest BCUT2D eigenvalue weighted by Crippen LogP contribution is -2.36. The van der Waals surface area contributed by atoms with Crippen molar-refractivity contribution in [2.75, 3.05) is 4.90 Å². The summed E-state index contributed by atoms with van der Waals surface area (Å²) in [6, 6.07) is 50.7. The molecule has 0 radical (unpaired) electrons. The highest BCUT2D eigenvalue weighted by Crippen LogP contribution is 2.64. The molecular formula is C40H26N4. The van der Waals surface area contributed by atoms with Gasteiger partial charge >= 0.3 is 0 Å². The van der Waals surface area contributed by atoms with Crippen LogP contribution in [-0.2, 0) is 5.41 Å². The van der Waals surface area contributed by atoms with Gasteiger partial charge in [-0.1, -0.05) is 91.0 Å². The van der Waals surface area contributed by atoms with E-state index in [1.54, 1.807) is 0 Å². The molecule has 2 aliphatic rings. The maximum Gasteiger partial charge on any atom is 0.137 e. The number of para-hydroxylation sites is 3. The van der Waals surface area contributed by atoms with E-state index in [9.17, 15) is 0 Å². The number of H-pyrrole nitrogens is 1. The van der Waals surface area contributed by atoms with Crippen LogP contribution in [-0.4, -0.2) is 14.5 Å². The minimum absolute atomic E-state index is 0.492. The zero-order chi connectivity index (χ0) is 28.8. The van der Waals surface area contributed by atoms with Crippen LogP contribution in [0.1, 0.15) is 22.3 Å². The molecule has 8 aromatic rings. The van der Waals surface area contributed by atoms with Crippen LogP contribution in [0.3, 0.4) is 0 Å². The third-order valence-corrected chi connectivity index (χ3v) is 9.64. The van der Waals surface area contributed by atoms with Gasteiger partial charge in [0, 0.05) is 23.2 Å². The Hall–Kier alpha value is -5.87. The maximum atomic E-state index is 4.83. The van der Waals surface area contributed by atoms with Crippen LogP contribution >= 0.6 is 0 Å². The van der Waals surface area contributed by atoms with E-state index in [1.165, 1.54) is 55.2 Å². The normalized spacial score (nSPS) is 14.0. The molecule has 3 aromatic heterocycles. The van der Waals surface area contributed by atoms with E-state index < -0.39 is 5.41 Å². The highest BCUT2D eigenvalue weighted by atomic mass is 15.2. The number of rotatable bonds is 2. The molecule has 0 saturated carbocycles. The predicted octanol–water partition coefficient (Wildman–Crippen LogP) is 9.65. The number of hydrogen-bond donors (Lipinski definition) is 1. The molecule has 0 fully saturated rings. The Morgan fingerprint density at radius 3 is 2.00 bits per heavy atom. The molecule has 4 nitrogen and oxygen atoms in total. The summed E-state index contributed by atoms with van der Waals surface area (Å²) in [6.45, 7) is 0. The Morgan fingerprint density at radius 2 is 1.25 bits per heavy atom. The highest BCUT2D eigenvalue weighted by Gasteiger charge is 2.52. The summed E-state index contributed by atoms with van der Waals surface area (Å²) in [5.74, 6) is 1.98. The number of aromatic amines is 1. The molecule has 44 heavy (non-hydrogen) atoms. The van der Waals surface area contributed by atoms with Crippen molar-refractivity contribution in [2.24, 2.45) is 0 Å². The van der Waals surface area contributed by atoms with Crippen molar-refractivity contribution in [3.8, 4) is 16.9 Å². The third kappa shape index (κ3) is 2.80. The fourth-order valence-corrected chi connectivity index (χ4v) is 8.10. The van der Waals surface area contributed by atoms with Crippen molar-refractivity contribution in [1.82, 2.24) is 14.5 Å². The Bertz CT molecular complexity index is 2350. The molecule has 5 aromatic carbocycles. The molecule has 1 aliphatic carbocycles. The lowest BCUT2D eigenvalue weighted by Gasteiger charge is -2.44. The number of fused-ring (bicyclic) bond motifs is 13. The molecule has 0 atom stereocenters. The molecule has 206 valence electrons. The summed E-state index contributed by atoms with van der Waals surface area (Å²) < 4.78 is 2.37. The Morgan fingerprint density at radius 1 is 0.545 bits per heavy atom. The van der Waals surface area contributed by atoms with Gasteiger partial charge in [0.2, 0.25) is 0 Å². The lowest BCUT2D eigenvalue weighted by molar-refractivity contribution is 0.752. The molecule has 4 heterocycles. The SMILES string of the molecule is c1ccc(N2c3ccccc3C3(c4ccccc4-c4c3ccc3c4c4ccccc4n3-c3ccc[nH]3)c3ccccc32)nc1. The molecule has 10 rings (SSSR count). The second-order valence-electron chi connectivity index (χ2n) is 11.6. The van der Waals surface area contributed by atoms with Crippen molar-refractivity contribution >= 4 is 39.0 Å². The van der Waals surface area contributed by atoms with Gasteiger partial charge in [-0.05, 0) is 81.9 Å². The van der Waals surface area contributed by atoms with E-state index in [4.69, 9.17) is 4.98 Å². The van der Waals surface area contributed by atoms with Crippen LogP contribution in [0.15, 0.2) is 152 Å². The zero-order valence-corrected chi connectivity index (χ0v) is 23.8. The Labute approximate surface area is 254 Å². The fourth-order valence-electron chi connectivity index (χ4n) is 8.10. The first-order chi connectivity index (χ1) is 21.9. The summed E-state index contributed by atoms with van der Waals surface area (Å²) in [7, 11) is 0. The first-order valence-corrected chi connectivity index (χ1v) is 15.1. The van der Waals surface area contributed by atoms with E-state index in [2.05, 4.69) is 148 Å². The molecule has 1 spiro atoms. The third-order valence-electron chi connectivity index (χ3n) is 9.64. The number of aromatic nitrogens is 3. The van der Waals surface area contributed by atoms with Crippen LogP contribution in [0, 0.1) is 0 Å². The van der Waals surface area contributed by atoms with E-state index in [1.807, 2.05) is 18.5 Å². The fraction of sp³-hybridized carbons (Fsp3) is 0.0250. The highest BCUT2D eigenvalue weighted by molar-refractivity contribution is 6.18. The van der Waals surface area contributed by atoms with Crippen molar-refractivity contribution in [3.05, 3.63) is 174 Å². The number of pyridine rings is 1. The molecule has 0 unspecified atom stereocenters. The molecule has 1 N–H and O–H groups in total. The van der Waals surface area contributed by atoms with Crippen molar-refractivity contribution in [3.63, 3.8) is 0 Å². The van der Waals surface area contributed by atoms with Crippen LogP contribution in [0.5, 0.6) is 0 Å². The maximum absolute atomic E-state index is 4.83. The average Bonchev–Trinajstić information content (AvgIpc) is 3.80. The summed E-state index contributed by atoms with van der Waals surface area (Å²) in [4.78, 5) is 10.6. The number of benzene rings is 5. The van der Waals surface area contributed by atoms with Gasteiger partial charge in [-0.2, -0.15) is 0 Å². The predicted molar refractivity (Wildman–Crippen MR) is 178 cm³/mol.